The van der Waals surface area contributed by atoms with E-state index >= 15 is 0 Å². The Bertz CT molecular complexity index is 912. The minimum Gasteiger partial charge on any atom is -0.390 e. The third-order valence-corrected chi connectivity index (χ3v) is 9.38. The van der Waals surface area contributed by atoms with Crippen LogP contribution in [-0.4, -0.2) is 41.0 Å². The molecule has 0 aromatic carbocycles. The molecule has 6 nitrogen and oxygen atoms in total. The maximum absolute atomic E-state index is 11.1. The smallest absolute Gasteiger partial charge is 0.390 e. The van der Waals surface area contributed by atoms with Crippen LogP contribution in [-0.2, 0) is 14.6 Å². The van der Waals surface area contributed by atoms with Crippen molar-refractivity contribution >= 4 is 10.4 Å². The summed E-state index contributed by atoms with van der Waals surface area (Å²) < 4.78 is 36.1. The van der Waals surface area contributed by atoms with Crippen LogP contribution in [0, 0.1) is 23.2 Å². The topological polar surface area (TPSA) is 104 Å². The van der Waals surface area contributed by atoms with Crippen molar-refractivity contribution in [2.75, 3.05) is 0 Å². The van der Waals surface area contributed by atoms with Gasteiger partial charge in [0.1, 0.15) is 0 Å². The number of aliphatic hydroxyl groups is 2. The highest BCUT2D eigenvalue weighted by molar-refractivity contribution is 7.80. The van der Waals surface area contributed by atoms with Gasteiger partial charge in [-0.1, -0.05) is 43.7 Å². The molecule has 3 aliphatic rings. The normalized spacial score (nSPS) is 34.9. The molecule has 0 heterocycles. The van der Waals surface area contributed by atoms with Crippen LogP contribution >= 0.6 is 0 Å². The largest absolute Gasteiger partial charge is 0.397 e. The lowest BCUT2D eigenvalue weighted by Crippen LogP contribution is -2.38. The van der Waals surface area contributed by atoms with Gasteiger partial charge < -0.3 is 10.2 Å². The molecule has 3 saturated carbocycles. The van der Waals surface area contributed by atoms with E-state index in [1.54, 1.807) is 13.8 Å². The summed E-state index contributed by atoms with van der Waals surface area (Å²) in [6.07, 6.45) is 12.1. The van der Waals surface area contributed by atoms with Gasteiger partial charge in [-0.15, -0.1) is 0 Å². The van der Waals surface area contributed by atoms with Gasteiger partial charge >= 0.3 is 10.4 Å². The fourth-order valence-electron chi connectivity index (χ4n) is 6.82. The van der Waals surface area contributed by atoms with Crippen molar-refractivity contribution in [2.24, 2.45) is 23.2 Å². The lowest BCUT2D eigenvalue weighted by atomic mass is 9.60. The molecule has 0 aliphatic heterocycles. The Morgan fingerprint density at radius 1 is 1.21 bits per heavy atom. The summed E-state index contributed by atoms with van der Waals surface area (Å²) in [6, 6.07) is 0. The van der Waals surface area contributed by atoms with Crippen LogP contribution in [0.15, 0.2) is 35.5 Å². The van der Waals surface area contributed by atoms with Gasteiger partial charge in [-0.3, -0.25) is 4.55 Å². The molecule has 0 aromatic heterocycles. The molecule has 0 bridgehead atoms. The molecule has 0 amide bonds. The van der Waals surface area contributed by atoms with Crippen molar-refractivity contribution in [3.05, 3.63) is 35.5 Å². The van der Waals surface area contributed by atoms with Crippen molar-refractivity contribution in [3.63, 3.8) is 0 Å². The number of aliphatic hydroxyl groups excluding tert-OH is 1. The highest BCUT2D eigenvalue weighted by Crippen LogP contribution is 2.60. The molecule has 3 rings (SSSR count). The standard InChI is InChI=1S/C27H44O6S/c1-18-8-12-22(33-34(30,31)32)17-21(18)11-10-20-7-6-16-27(5)23(13-14-24(20)27)19(2)9-15-25(28)26(3,4)29/h10-11,19,22-25,28-29H,1,6-9,12-17H2,2-5H3,(H,30,31,32)/b20-10+,21-11-/t19-,22+,23-,24+,25-,27-/m1/s1. The van der Waals surface area contributed by atoms with E-state index in [0.717, 1.165) is 30.4 Å². The number of fused-ring (bicyclic) bond motifs is 1. The fraction of sp³-hybridized carbons (Fsp3) is 0.778. The molecule has 3 fully saturated rings. The van der Waals surface area contributed by atoms with Crippen molar-refractivity contribution in [2.45, 2.75) is 110 Å². The van der Waals surface area contributed by atoms with Gasteiger partial charge in [0.15, 0.2) is 0 Å². The van der Waals surface area contributed by atoms with Crippen LogP contribution in [0.4, 0.5) is 0 Å². The van der Waals surface area contributed by atoms with E-state index in [4.69, 9.17) is 8.74 Å². The SMILES string of the molecule is C=C1CC[C@H](OS(=O)(=O)O)C/C1=C/C=C1\CCC[C@]2(C)[C@@H]([C@H](C)CC[C@@H](O)C(C)(C)O)CC[C@@H]12. The number of allylic oxidation sites excluding steroid dienone is 4. The van der Waals surface area contributed by atoms with Crippen LogP contribution in [0.3, 0.4) is 0 Å². The second-order valence-electron chi connectivity index (χ2n) is 11.7. The van der Waals surface area contributed by atoms with E-state index in [9.17, 15) is 18.6 Å². The van der Waals surface area contributed by atoms with Crippen LogP contribution < -0.4 is 0 Å². The maximum Gasteiger partial charge on any atom is 0.397 e. The molecule has 194 valence electrons. The van der Waals surface area contributed by atoms with Gasteiger partial charge in [-0.2, -0.15) is 8.42 Å². The highest BCUT2D eigenvalue weighted by atomic mass is 32.3. The van der Waals surface area contributed by atoms with Gasteiger partial charge in [0.2, 0.25) is 0 Å². The quantitative estimate of drug-likeness (QED) is 0.382. The van der Waals surface area contributed by atoms with E-state index < -0.39 is 28.2 Å². The second-order valence-corrected chi connectivity index (χ2v) is 12.8. The van der Waals surface area contributed by atoms with Crippen LogP contribution in [0.2, 0.25) is 0 Å². The number of hydrogen-bond acceptors (Lipinski definition) is 5. The lowest BCUT2D eigenvalue weighted by Gasteiger charge is -2.44. The van der Waals surface area contributed by atoms with Gasteiger partial charge in [-0.05, 0) is 100 Å². The summed E-state index contributed by atoms with van der Waals surface area (Å²) >= 11 is 0. The highest BCUT2D eigenvalue weighted by Gasteiger charge is 2.50. The van der Waals surface area contributed by atoms with E-state index in [-0.39, 0.29) is 5.41 Å². The molecular weight excluding hydrogens is 452 g/mol. The summed E-state index contributed by atoms with van der Waals surface area (Å²) in [5.74, 6) is 1.62. The Kier molecular flexibility index (Phi) is 8.56. The molecule has 0 aromatic rings. The van der Waals surface area contributed by atoms with Gasteiger partial charge in [0, 0.05) is 6.42 Å². The van der Waals surface area contributed by atoms with Crippen molar-refractivity contribution in [1.82, 2.24) is 0 Å². The average Bonchev–Trinajstić information content (AvgIpc) is 3.08. The first-order valence-corrected chi connectivity index (χ1v) is 14.2. The summed E-state index contributed by atoms with van der Waals surface area (Å²) in [4.78, 5) is 0. The minimum atomic E-state index is -4.45. The molecular formula is C27H44O6S. The predicted octanol–water partition coefficient (Wildman–Crippen LogP) is 5.53. The maximum atomic E-state index is 11.1. The first-order chi connectivity index (χ1) is 15.7. The molecule has 3 aliphatic carbocycles. The van der Waals surface area contributed by atoms with Gasteiger partial charge in [-0.25, -0.2) is 4.18 Å². The number of hydrogen-bond donors (Lipinski definition) is 3. The summed E-state index contributed by atoms with van der Waals surface area (Å²) in [6.45, 7) is 12.2. The van der Waals surface area contributed by atoms with E-state index in [1.807, 2.05) is 0 Å². The minimum absolute atomic E-state index is 0.238. The Morgan fingerprint density at radius 3 is 2.56 bits per heavy atom. The molecule has 0 unspecified atom stereocenters. The third-order valence-electron chi connectivity index (χ3n) is 8.86. The molecule has 0 radical (unpaired) electrons. The fourth-order valence-corrected chi connectivity index (χ4v) is 7.33. The summed E-state index contributed by atoms with van der Waals surface area (Å²) in [5, 5.41) is 20.4. The third kappa shape index (κ3) is 6.61. The molecule has 0 saturated heterocycles. The Balaban J connectivity index is 1.70. The van der Waals surface area contributed by atoms with Crippen molar-refractivity contribution in [3.8, 4) is 0 Å². The van der Waals surface area contributed by atoms with E-state index in [1.165, 1.54) is 24.8 Å². The van der Waals surface area contributed by atoms with Crippen molar-refractivity contribution < 1.29 is 27.4 Å². The molecule has 7 heteroatoms. The monoisotopic (exact) mass is 496 g/mol. The lowest BCUT2D eigenvalue weighted by molar-refractivity contribution is -0.0554. The van der Waals surface area contributed by atoms with Crippen LogP contribution in [0.5, 0.6) is 0 Å². The molecule has 3 N–H and O–H groups in total. The average molecular weight is 497 g/mol. The zero-order chi connectivity index (χ0) is 25.3. The Morgan fingerprint density at radius 2 is 1.91 bits per heavy atom. The van der Waals surface area contributed by atoms with Crippen LogP contribution in [0.25, 0.3) is 0 Å². The predicted molar refractivity (Wildman–Crippen MR) is 134 cm³/mol. The van der Waals surface area contributed by atoms with Gasteiger partial charge in [0.25, 0.3) is 0 Å². The van der Waals surface area contributed by atoms with Gasteiger partial charge in [0.05, 0.1) is 17.8 Å². The second kappa shape index (κ2) is 10.6. The molecule has 6 atom stereocenters. The first-order valence-electron chi connectivity index (χ1n) is 12.8. The van der Waals surface area contributed by atoms with E-state index in [2.05, 4.69) is 32.6 Å². The summed E-state index contributed by atoms with van der Waals surface area (Å²) in [7, 11) is -4.45. The van der Waals surface area contributed by atoms with Crippen molar-refractivity contribution in [1.29, 1.82) is 0 Å². The molecule has 0 spiro atoms. The van der Waals surface area contributed by atoms with E-state index in [0.29, 0.717) is 43.4 Å². The molecule has 34 heavy (non-hydrogen) atoms. The Labute approximate surface area is 206 Å². The Hall–Kier alpha value is -0.990. The summed E-state index contributed by atoms with van der Waals surface area (Å²) in [5.41, 5.74) is 2.65. The zero-order valence-electron chi connectivity index (χ0n) is 21.3. The number of rotatable bonds is 8. The first kappa shape index (κ1) is 27.6. The zero-order valence-corrected chi connectivity index (χ0v) is 22.1. The van der Waals surface area contributed by atoms with Crippen LogP contribution in [0.1, 0.15) is 91.9 Å².